The van der Waals surface area contributed by atoms with Crippen molar-refractivity contribution in [2.24, 2.45) is 0 Å². The van der Waals surface area contributed by atoms with Crippen LogP contribution in [0.3, 0.4) is 0 Å². The molecule has 1 aliphatic rings. The zero-order valence-corrected chi connectivity index (χ0v) is 22.0. The summed E-state index contributed by atoms with van der Waals surface area (Å²) >= 11 is 0. The number of fused-ring (bicyclic) bond motifs is 1. The second kappa shape index (κ2) is 11.4. The van der Waals surface area contributed by atoms with Gasteiger partial charge in [-0.15, -0.1) is 5.10 Å². The molecule has 0 spiro atoms. The number of nitrogens with zero attached hydrogens (tertiary/aromatic N) is 5. The number of H-pyrrole nitrogens is 1. The van der Waals surface area contributed by atoms with Gasteiger partial charge in [0.25, 0.3) is 5.56 Å². The first-order chi connectivity index (χ1) is 18.0. The van der Waals surface area contributed by atoms with Gasteiger partial charge < -0.3 is 9.72 Å². The quantitative estimate of drug-likeness (QED) is 0.345. The van der Waals surface area contributed by atoms with Gasteiger partial charge in [0, 0.05) is 36.2 Å². The minimum atomic E-state index is -0.0454. The third-order valence-electron chi connectivity index (χ3n) is 7.38. The molecule has 0 radical (unpaired) electrons. The van der Waals surface area contributed by atoms with E-state index in [1.54, 1.807) is 0 Å². The van der Waals surface area contributed by atoms with Crippen molar-refractivity contribution in [1.82, 2.24) is 30.1 Å². The first kappa shape index (κ1) is 25.3. The molecule has 194 valence electrons. The number of benzene rings is 2. The van der Waals surface area contributed by atoms with Gasteiger partial charge in [0.05, 0.1) is 18.7 Å². The Morgan fingerprint density at radius 1 is 1.19 bits per heavy atom. The molecular weight excluding hydrogens is 464 g/mol. The van der Waals surface area contributed by atoms with Crippen LogP contribution in [0.15, 0.2) is 53.3 Å². The lowest BCUT2D eigenvalue weighted by molar-refractivity contribution is 0.0893. The van der Waals surface area contributed by atoms with Crippen LogP contribution in [-0.4, -0.2) is 49.3 Å². The maximum atomic E-state index is 13.2. The molecule has 8 heteroatoms. The Morgan fingerprint density at radius 2 is 2.03 bits per heavy atom. The molecule has 8 nitrogen and oxygen atoms in total. The summed E-state index contributed by atoms with van der Waals surface area (Å²) in [6, 6.07) is 16.7. The molecule has 0 aliphatic carbocycles. The number of nitrogens with one attached hydrogen (secondary N) is 1. The van der Waals surface area contributed by atoms with Gasteiger partial charge in [0.1, 0.15) is 0 Å². The SMILES string of the molecule is CCC(c1nnnn1CC1CCCO1)N(CCc1ccccc1)Cc1cc2c(C)cc(C)cc2[nH]c1=O. The molecule has 0 amide bonds. The molecule has 0 bridgehead atoms. The Hall–Kier alpha value is -3.36. The summed E-state index contributed by atoms with van der Waals surface area (Å²) in [4.78, 5) is 18.7. The topological polar surface area (TPSA) is 88.9 Å². The predicted octanol–water partition coefficient (Wildman–Crippen LogP) is 4.51. The third-order valence-corrected chi connectivity index (χ3v) is 7.38. The average Bonchev–Trinajstić information content (AvgIpc) is 3.57. The van der Waals surface area contributed by atoms with E-state index >= 15 is 0 Å². The predicted molar refractivity (Wildman–Crippen MR) is 144 cm³/mol. The molecule has 0 saturated carbocycles. The van der Waals surface area contributed by atoms with E-state index in [0.29, 0.717) is 13.1 Å². The van der Waals surface area contributed by atoms with Crippen molar-refractivity contribution in [3.63, 3.8) is 0 Å². The number of pyridine rings is 1. The van der Waals surface area contributed by atoms with Crippen LogP contribution in [0.25, 0.3) is 10.9 Å². The molecular formula is C29H36N6O2. The zero-order valence-electron chi connectivity index (χ0n) is 22.0. The monoisotopic (exact) mass is 500 g/mol. The van der Waals surface area contributed by atoms with Crippen LogP contribution in [0.4, 0.5) is 0 Å². The highest BCUT2D eigenvalue weighted by Crippen LogP contribution is 2.26. The van der Waals surface area contributed by atoms with Crippen LogP contribution in [0.1, 0.15) is 60.3 Å². The molecule has 3 heterocycles. The average molecular weight is 501 g/mol. The lowest BCUT2D eigenvalue weighted by atomic mass is 10.0. The normalized spacial score (nSPS) is 16.6. The zero-order chi connectivity index (χ0) is 25.8. The highest BCUT2D eigenvalue weighted by molar-refractivity contribution is 5.83. The maximum Gasteiger partial charge on any atom is 0.252 e. The molecule has 1 N–H and O–H groups in total. The number of ether oxygens (including phenoxy) is 1. The summed E-state index contributed by atoms with van der Waals surface area (Å²) in [5.41, 5.74) is 5.16. The maximum absolute atomic E-state index is 13.2. The molecule has 2 atom stereocenters. The van der Waals surface area contributed by atoms with E-state index in [1.165, 1.54) is 5.56 Å². The van der Waals surface area contributed by atoms with Crippen molar-refractivity contribution in [1.29, 1.82) is 0 Å². The van der Waals surface area contributed by atoms with Gasteiger partial charge in [-0.1, -0.05) is 43.3 Å². The Labute approximate surface area is 217 Å². The van der Waals surface area contributed by atoms with Crippen LogP contribution in [0.2, 0.25) is 0 Å². The number of rotatable bonds is 10. The molecule has 37 heavy (non-hydrogen) atoms. The van der Waals surface area contributed by atoms with Crippen molar-refractivity contribution in [3.8, 4) is 0 Å². The van der Waals surface area contributed by atoms with Crippen molar-refractivity contribution < 1.29 is 4.74 Å². The smallest absolute Gasteiger partial charge is 0.252 e. The van der Waals surface area contributed by atoms with E-state index in [0.717, 1.165) is 72.3 Å². The summed E-state index contributed by atoms with van der Waals surface area (Å²) in [6.45, 7) is 9.04. The lowest BCUT2D eigenvalue weighted by Crippen LogP contribution is -2.34. The number of tetrazole rings is 1. The minimum Gasteiger partial charge on any atom is -0.376 e. The summed E-state index contributed by atoms with van der Waals surface area (Å²) < 4.78 is 7.76. The van der Waals surface area contributed by atoms with E-state index < -0.39 is 0 Å². The first-order valence-corrected chi connectivity index (χ1v) is 13.3. The van der Waals surface area contributed by atoms with Gasteiger partial charge in [0.2, 0.25) is 0 Å². The van der Waals surface area contributed by atoms with Gasteiger partial charge in [-0.3, -0.25) is 9.69 Å². The molecule has 2 aromatic carbocycles. The number of aromatic amines is 1. The van der Waals surface area contributed by atoms with Crippen molar-refractivity contribution in [2.75, 3.05) is 13.2 Å². The molecule has 1 saturated heterocycles. The molecule has 2 aromatic heterocycles. The number of hydrogen-bond donors (Lipinski definition) is 1. The van der Waals surface area contributed by atoms with E-state index in [1.807, 2.05) is 16.8 Å². The van der Waals surface area contributed by atoms with E-state index in [-0.39, 0.29) is 17.7 Å². The highest BCUT2D eigenvalue weighted by Gasteiger charge is 2.27. The van der Waals surface area contributed by atoms with Crippen LogP contribution in [0.5, 0.6) is 0 Å². The number of hydrogen-bond acceptors (Lipinski definition) is 6. The largest absolute Gasteiger partial charge is 0.376 e. The standard InChI is InChI=1S/C29H36N6O2/c1-4-27(28-31-32-33-35(28)19-24-11-8-14-37-24)34(13-12-22-9-6-5-7-10-22)18-23-17-25-21(3)15-20(2)16-26(25)30-29(23)36/h5-7,9-10,15-17,24,27H,4,8,11-14,18-19H2,1-3H3,(H,30,36). The summed E-state index contributed by atoms with van der Waals surface area (Å²) in [5, 5.41) is 13.9. The van der Waals surface area contributed by atoms with Crippen LogP contribution >= 0.6 is 0 Å². The van der Waals surface area contributed by atoms with E-state index in [2.05, 4.69) is 82.6 Å². The Bertz CT molecular complexity index is 1390. The van der Waals surface area contributed by atoms with Crippen molar-refractivity contribution in [2.45, 2.75) is 71.7 Å². The Morgan fingerprint density at radius 3 is 2.78 bits per heavy atom. The van der Waals surface area contributed by atoms with Crippen LogP contribution in [-0.2, 0) is 24.2 Å². The lowest BCUT2D eigenvalue weighted by Gasteiger charge is -2.30. The fraction of sp³-hybridized carbons (Fsp3) is 0.448. The first-order valence-electron chi connectivity index (χ1n) is 13.3. The van der Waals surface area contributed by atoms with E-state index in [4.69, 9.17) is 4.74 Å². The summed E-state index contributed by atoms with van der Waals surface area (Å²) in [5.74, 6) is 0.829. The van der Waals surface area contributed by atoms with Gasteiger partial charge >= 0.3 is 0 Å². The van der Waals surface area contributed by atoms with Crippen LogP contribution in [0, 0.1) is 13.8 Å². The fourth-order valence-electron chi connectivity index (χ4n) is 5.48. The van der Waals surface area contributed by atoms with Gasteiger partial charge in [-0.05, 0) is 78.8 Å². The second-order valence-corrected chi connectivity index (χ2v) is 10.2. The molecule has 2 unspecified atom stereocenters. The summed E-state index contributed by atoms with van der Waals surface area (Å²) in [7, 11) is 0. The highest BCUT2D eigenvalue weighted by atomic mass is 16.5. The van der Waals surface area contributed by atoms with Gasteiger partial charge in [-0.25, -0.2) is 4.68 Å². The Kier molecular flexibility index (Phi) is 7.76. The molecule has 1 aliphatic heterocycles. The van der Waals surface area contributed by atoms with Crippen LogP contribution < -0.4 is 5.56 Å². The van der Waals surface area contributed by atoms with Crippen molar-refractivity contribution >= 4 is 10.9 Å². The number of aromatic nitrogens is 5. The second-order valence-electron chi connectivity index (χ2n) is 10.2. The van der Waals surface area contributed by atoms with Crippen molar-refractivity contribution in [3.05, 3.63) is 87.0 Å². The van der Waals surface area contributed by atoms with Gasteiger partial charge in [-0.2, -0.15) is 0 Å². The van der Waals surface area contributed by atoms with Gasteiger partial charge in [0.15, 0.2) is 5.82 Å². The van der Waals surface area contributed by atoms with E-state index in [9.17, 15) is 4.79 Å². The minimum absolute atomic E-state index is 0.0330. The number of aryl methyl sites for hydroxylation is 2. The summed E-state index contributed by atoms with van der Waals surface area (Å²) in [6.07, 6.45) is 3.94. The molecule has 4 aromatic rings. The third kappa shape index (κ3) is 5.81. The molecule has 5 rings (SSSR count). The molecule has 1 fully saturated rings. The fourth-order valence-corrected chi connectivity index (χ4v) is 5.48. The Balaban J connectivity index is 1.47.